The second-order valence-electron chi connectivity index (χ2n) is 5.08. The number of thiazole rings is 1. The molecule has 0 aliphatic heterocycles. The molecule has 3 aromatic rings. The summed E-state index contributed by atoms with van der Waals surface area (Å²) in [7, 11) is 0. The Bertz CT molecular complexity index is 804. The van der Waals surface area contributed by atoms with E-state index in [9.17, 15) is 0 Å². The number of fused-ring (bicyclic) bond motifs is 2. The van der Waals surface area contributed by atoms with E-state index in [-0.39, 0.29) is 0 Å². The van der Waals surface area contributed by atoms with Gasteiger partial charge in [-0.3, -0.25) is 0 Å². The van der Waals surface area contributed by atoms with Crippen molar-refractivity contribution in [2.24, 2.45) is 0 Å². The van der Waals surface area contributed by atoms with Crippen molar-refractivity contribution in [3.8, 4) is 10.6 Å². The van der Waals surface area contributed by atoms with Crippen LogP contribution >= 0.6 is 38.6 Å². The van der Waals surface area contributed by atoms with Crippen molar-refractivity contribution in [1.29, 1.82) is 0 Å². The van der Waals surface area contributed by atoms with E-state index in [0.717, 1.165) is 26.4 Å². The Morgan fingerprint density at radius 2 is 2.00 bits per heavy atom. The van der Waals surface area contributed by atoms with Crippen molar-refractivity contribution < 1.29 is 0 Å². The van der Waals surface area contributed by atoms with E-state index in [1.807, 2.05) is 6.07 Å². The summed E-state index contributed by atoms with van der Waals surface area (Å²) in [6.45, 7) is 0. The molecule has 0 bridgehead atoms. The zero-order valence-electron chi connectivity index (χ0n) is 10.8. The van der Waals surface area contributed by atoms with E-state index >= 15 is 0 Å². The molecule has 1 aliphatic carbocycles. The van der Waals surface area contributed by atoms with Crippen LogP contribution in [0.25, 0.3) is 20.8 Å². The number of halogens is 1. The maximum absolute atomic E-state index is 6.28. The lowest BCUT2D eigenvalue weighted by atomic mass is 9.96. The number of nitrogen functional groups attached to an aromatic ring is 1. The zero-order valence-corrected chi connectivity index (χ0v) is 14.0. The van der Waals surface area contributed by atoms with Crippen LogP contribution in [0, 0.1) is 0 Å². The second kappa shape index (κ2) is 4.83. The third-order valence-electron chi connectivity index (χ3n) is 3.76. The van der Waals surface area contributed by atoms with Gasteiger partial charge in [0.15, 0.2) is 0 Å². The van der Waals surface area contributed by atoms with E-state index in [1.165, 1.54) is 40.0 Å². The fourth-order valence-corrected chi connectivity index (χ4v) is 5.66. The first kappa shape index (κ1) is 12.8. The fourth-order valence-electron chi connectivity index (χ4n) is 2.83. The third kappa shape index (κ3) is 2.00. The van der Waals surface area contributed by atoms with Gasteiger partial charge in [0.2, 0.25) is 0 Å². The van der Waals surface area contributed by atoms with Crippen molar-refractivity contribution in [3.05, 3.63) is 33.1 Å². The van der Waals surface area contributed by atoms with Crippen LogP contribution in [0.3, 0.4) is 0 Å². The van der Waals surface area contributed by atoms with Gasteiger partial charge in [0.25, 0.3) is 0 Å². The van der Waals surface area contributed by atoms with Crippen LogP contribution in [-0.4, -0.2) is 4.98 Å². The highest BCUT2D eigenvalue weighted by Gasteiger charge is 2.22. The van der Waals surface area contributed by atoms with Crippen molar-refractivity contribution in [1.82, 2.24) is 4.98 Å². The lowest BCUT2D eigenvalue weighted by Crippen LogP contribution is -1.99. The van der Waals surface area contributed by atoms with Crippen LogP contribution < -0.4 is 5.73 Å². The summed E-state index contributed by atoms with van der Waals surface area (Å²) < 4.78 is 2.31. The molecule has 4 rings (SSSR count). The molecule has 0 unspecified atom stereocenters. The Kier molecular flexibility index (Phi) is 3.09. The molecule has 1 aliphatic rings. The molecule has 102 valence electrons. The number of anilines is 1. The fraction of sp³-hybridized carbons (Fsp3) is 0.267. The molecule has 0 saturated heterocycles. The van der Waals surface area contributed by atoms with E-state index in [2.05, 4.69) is 28.1 Å². The summed E-state index contributed by atoms with van der Waals surface area (Å²) in [5, 5.41) is 2.02. The van der Waals surface area contributed by atoms with Gasteiger partial charge in [0.05, 0.1) is 15.2 Å². The number of thiophene rings is 1. The molecule has 0 radical (unpaired) electrons. The maximum atomic E-state index is 6.28. The molecule has 0 atom stereocenters. The molecule has 0 fully saturated rings. The number of nitrogens with two attached hydrogens (primary N) is 1. The molecule has 20 heavy (non-hydrogen) atoms. The molecule has 2 heterocycles. The van der Waals surface area contributed by atoms with Gasteiger partial charge >= 0.3 is 0 Å². The molecule has 0 saturated carbocycles. The lowest BCUT2D eigenvalue weighted by molar-refractivity contribution is 0.698. The first-order valence-corrected chi connectivity index (χ1v) is 9.11. The first-order valence-electron chi connectivity index (χ1n) is 6.69. The zero-order chi connectivity index (χ0) is 13.7. The van der Waals surface area contributed by atoms with Crippen molar-refractivity contribution in [2.75, 3.05) is 5.73 Å². The Morgan fingerprint density at radius 3 is 2.90 bits per heavy atom. The van der Waals surface area contributed by atoms with Crippen molar-refractivity contribution in [3.63, 3.8) is 0 Å². The molecular weight excluding hydrogens is 352 g/mol. The molecule has 0 amide bonds. The first-order chi connectivity index (χ1) is 9.72. The normalized spacial score (nSPS) is 14.7. The van der Waals surface area contributed by atoms with Gasteiger partial charge in [-0.2, -0.15) is 0 Å². The molecule has 2 aromatic heterocycles. The smallest absolute Gasteiger partial charge is 0.127 e. The van der Waals surface area contributed by atoms with Gasteiger partial charge in [-0.05, 0) is 49.4 Å². The predicted octanol–water partition coefficient (Wildman–Crippen LogP) is 5.25. The number of aromatic nitrogens is 1. The second-order valence-corrected chi connectivity index (χ2v) is 8.16. The highest BCUT2D eigenvalue weighted by Crippen LogP contribution is 2.44. The van der Waals surface area contributed by atoms with Gasteiger partial charge in [0.1, 0.15) is 5.01 Å². The molecule has 5 heteroatoms. The summed E-state index contributed by atoms with van der Waals surface area (Å²) in [5.41, 5.74) is 10.0. The minimum Gasteiger partial charge on any atom is -0.390 e. The summed E-state index contributed by atoms with van der Waals surface area (Å²) >= 11 is 7.02. The van der Waals surface area contributed by atoms with E-state index in [4.69, 9.17) is 10.7 Å². The maximum Gasteiger partial charge on any atom is 0.127 e. The number of nitrogens with zero attached hydrogens (tertiary/aromatic N) is 1. The van der Waals surface area contributed by atoms with Crippen LogP contribution in [0.1, 0.15) is 23.3 Å². The largest absolute Gasteiger partial charge is 0.390 e. The Labute approximate surface area is 133 Å². The highest BCUT2D eigenvalue weighted by atomic mass is 79.9. The Morgan fingerprint density at radius 1 is 1.15 bits per heavy atom. The molecule has 0 spiro atoms. The van der Waals surface area contributed by atoms with Gasteiger partial charge in [-0.15, -0.1) is 22.7 Å². The topological polar surface area (TPSA) is 38.9 Å². The molecule has 1 aromatic carbocycles. The van der Waals surface area contributed by atoms with Crippen LogP contribution in [0.4, 0.5) is 5.00 Å². The monoisotopic (exact) mass is 364 g/mol. The third-order valence-corrected chi connectivity index (χ3v) is 6.41. The standard InChI is InChI=1S/C15H13BrN2S2/c16-8-5-6-10-12(7-8)20-15(18-10)13-9-3-1-2-4-11(9)19-14(13)17/h5-7H,1-4,17H2. The van der Waals surface area contributed by atoms with Gasteiger partial charge in [-0.25, -0.2) is 4.98 Å². The molecule has 2 nitrogen and oxygen atoms in total. The summed E-state index contributed by atoms with van der Waals surface area (Å²) in [6, 6.07) is 6.23. The van der Waals surface area contributed by atoms with Crippen LogP contribution in [0.15, 0.2) is 22.7 Å². The Hall–Kier alpha value is -0.910. The van der Waals surface area contributed by atoms with Gasteiger partial charge < -0.3 is 5.73 Å². The highest BCUT2D eigenvalue weighted by molar-refractivity contribution is 9.10. The summed E-state index contributed by atoms with van der Waals surface area (Å²) in [6.07, 6.45) is 4.89. The summed E-state index contributed by atoms with van der Waals surface area (Å²) in [5.74, 6) is 0. The van der Waals surface area contributed by atoms with E-state index < -0.39 is 0 Å². The minimum absolute atomic E-state index is 0.940. The van der Waals surface area contributed by atoms with Gasteiger partial charge in [-0.1, -0.05) is 15.9 Å². The van der Waals surface area contributed by atoms with E-state index in [1.54, 1.807) is 22.7 Å². The SMILES string of the molecule is Nc1sc2c(c1-c1nc3ccc(Br)cc3s1)CCCC2. The van der Waals surface area contributed by atoms with Crippen LogP contribution in [0.2, 0.25) is 0 Å². The summed E-state index contributed by atoms with van der Waals surface area (Å²) in [4.78, 5) is 6.27. The molecular formula is C15H13BrN2S2. The van der Waals surface area contributed by atoms with Gasteiger partial charge in [0, 0.05) is 14.9 Å². The van der Waals surface area contributed by atoms with E-state index in [0.29, 0.717) is 0 Å². The van der Waals surface area contributed by atoms with Crippen molar-refractivity contribution >= 4 is 53.8 Å². The number of hydrogen-bond donors (Lipinski definition) is 1. The van der Waals surface area contributed by atoms with Crippen molar-refractivity contribution in [2.45, 2.75) is 25.7 Å². The number of benzene rings is 1. The number of aryl methyl sites for hydroxylation is 1. The number of hydrogen-bond acceptors (Lipinski definition) is 4. The quantitative estimate of drug-likeness (QED) is 0.640. The number of rotatable bonds is 1. The van der Waals surface area contributed by atoms with Crippen LogP contribution in [-0.2, 0) is 12.8 Å². The minimum atomic E-state index is 0.940. The molecule has 2 N–H and O–H groups in total. The average molecular weight is 365 g/mol. The predicted molar refractivity (Wildman–Crippen MR) is 91.7 cm³/mol. The van der Waals surface area contributed by atoms with Crippen LogP contribution in [0.5, 0.6) is 0 Å². The average Bonchev–Trinajstić information content (AvgIpc) is 2.97. The lowest BCUT2D eigenvalue weighted by Gasteiger charge is -2.11. The Balaban J connectivity index is 1.92.